The van der Waals surface area contributed by atoms with Gasteiger partial charge in [0.2, 0.25) is 5.88 Å². The van der Waals surface area contributed by atoms with Gasteiger partial charge in [0, 0.05) is 23.9 Å². The number of aromatic hydroxyl groups is 1. The number of rotatable bonds is 4. The molecule has 3 aromatic rings. The van der Waals surface area contributed by atoms with E-state index in [0.717, 1.165) is 37.0 Å². The molecule has 1 aromatic carbocycles. The van der Waals surface area contributed by atoms with Gasteiger partial charge in [-0.3, -0.25) is 14.3 Å². The minimum absolute atomic E-state index is 0.221. The molecule has 0 aliphatic carbocycles. The highest BCUT2D eigenvalue weighted by Gasteiger charge is 2.34. The molecule has 0 saturated heterocycles. The van der Waals surface area contributed by atoms with Crippen molar-refractivity contribution in [2.24, 2.45) is 0 Å². The van der Waals surface area contributed by atoms with E-state index in [1.807, 2.05) is 18.3 Å². The highest BCUT2D eigenvalue weighted by Crippen LogP contribution is 2.32. The molecular formula is C20H25N4O3+. The SMILES string of the molecule is CCCCn1c(O)c([C@H]2[NH2+]CCc3c2[nH]c2ccc(C)cc32)c(=O)[nH]c1=O. The number of hydrogen-bond acceptors (Lipinski definition) is 3. The van der Waals surface area contributed by atoms with E-state index in [4.69, 9.17) is 0 Å². The van der Waals surface area contributed by atoms with Crippen LogP contribution in [0.4, 0.5) is 0 Å². The normalized spacial score (nSPS) is 16.6. The molecule has 2 aromatic heterocycles. The van der Waals surface area contributed by atoms with E-state index in [1.165, 1.54) is 21.1 Å². The van der Waals surface area contributed by atoms with E-state index in [2.05, 4.69) is 29.0 Å². The quantitative estimate of drug-likeness (QED) is 0.552. The number of nitrogens with one attached hydrogen (secondary N) is 2. The zero-order valence-electron chi connectivity index (χ0n) is 15.6. The zero-order chi connectivity index (χ0) is 19.1. The molecular weight excluding hydrogens is 344 g/mol. The van der Waals surface area contributed by atoms with Gasteiger partial charge in [-0.1, -0.05) is 25.0 Å². The summed E-state index contributed by atoms with van der Waals surface area (Å²) in [5.74, 6) is -0.221. The van der Waals surface area contributed by atoms with Gasteiger partial charge in [-0.25, -0.2) is 4.79 Å². The minimum atomic E-state index is -0.557. The number of aromatic amines is 2. The van der Waals surface area contributed by atoms with Crippen molar-refractivity contribution in [2.75, 3.05) is 6.54 Å². The highest BCUT2D eigenvalue weighted by atomic mass is 16.3. The van der Waals surface area contributed by atoms with Gasteiger partial charge < -0.3 is 15.4 Å². The number of unbranched alkanes of at least 4 members (excludes halogenated alkanes) is 1. The lowest BCUT2D eigenvalue weighted by atomic mass is 9.95. The van der Waals surface area contributed by atoms with Crippen LogP contribution in [-0.4, -0.2) is 26.2 Å². The van der Waals surface area contributed by atoms with Crippen molar-refractivity contribution in [3.05, 3.63) is 61.4 Å². The smallest absolute Gasteiger partial charge is 0.331 e. The molecule has 0 fully saturated rings. The Bertz CT molecular complexity index is 1120. The average molecular weight is 369 g/mol. The Kier molecular flexibility index (Phi) is 4.39. The number of hydrogen-bond donors (Lipinski definition) is 4. The lowest BCUT2D eigenvalue weighted by Gasteiger charge is -2.22. The second-order valence-corrected chi connectivity index (χ2v) is 7.32. The summed E-state index contributed by atoms with van der Waals surface area (Å²) in [6.07, 6.45) is 2.54. The number of quaternary nitrogens is 1. The molecule has 5 N–H and O–H groups in total. The Morgan fingerprint density at radius 2 is 2.11 bits per heavy atom. The van der Waals surface area contributed by atoms with Crippen molar-refractivity contribution in [3.63, 3.8) is 0 Å². The molecule has 0 spiro atoms. The summed E-state index contributed by atoms with van der Waals surface area (Å²) in [5, 5.41) is 14.0. The van der Waals surface area contributed by atoms with Crippen molar-refractivity contribution < 1.29 is 10.4 Å². The topological polar surface area (TPSA) is 107 Å². The van der Waals surface area contributed by atoms with Crippen LogP contribution in [0.5, 0.6) is 5.88 Å². The second-order valence-electron chi connectivity index (χ2n) is 7.32. The van der Waals surface area contributed by atoms with Crippen LogP contribution in [-0.2, 0) is 13.0 Å². The maximum atomic E-state index is 12.6. The fraction of sp³-hybridized carbons (Fsp3) is 0.400. The van der Waals surface area contributed by atoms with Gasteiger partial charge in [0.05, 0.1) is 12.2 Å². The van der Waals surface area contributed by atoms with Crippen molar-refractivity contribution in [1.29, 1.82) is 0 Å². The predicted octanol–water partition coefficient (Wildman–Crippen LogP) is 1.04. The van der Waals surface area contributed by atoms with E-state index in [1.54, 1.807) is 0 Å². The van der Waals surface area contributed by atoms with E-state index >= 15 is 0 Å². The molecule has 1 atom stereocenters. The number of benzene rings is 1. The van der Waals surface area contributed by atoms with E-state index < -0.39 is 11.2 Å². The molecule has 142 valence electrons. The van der Waals surface area contributed by atoms with Crippen LogP contribution in [0.25, 0.3) is 10.9 Å². The Morgan fingerprint density at radius 3 is 2.89 bits per heavy atom. The summed E-state index contributed by atoms with van der Waals surface area (Å²) in [6, 6.07) is 5.89. The van der Waals surface area contributed by atoms with E-state index in [9.17, 15) is 14.7 Å². The molecule has 0 saturated carbocycles. The molecule has 27 heavy (non-hydrogen) atoms. The first kappa shape index (κ1) is 17.6. The molecule has 7 nitrogen and oxygen atoms in total. The number of fused-ring (bicyclic) bond motifs is 3. The second kappa shape index (κ2) is 6.74. The van der Waals surface area contributed by atoms with Crippen LogP contribution in [0.15, 0.2) is 27.8 Å². The van der Waals surface area contributed by atoms with Crippen LogP contribution < -0.4 is 16.6 Å². The van der Waals surface area contributed by atoms with E-state index in [0.29, 0.717) is 6.54 Å². The molecule has 0 bridgehead atoms. The Hall–Kier alpha value is -2.80. The monoisotopic (exact) mass is 369 g/mol. The van der Waals surface area contributed by atoms with Crippen molar-refractivity contribution in [1.82, 2.24) is 14.5 Å². The van der Waals surface area contributed by atoms with Gasteiger partial charge in [-0.05, 0) is 31.0 Å². The first-order valence-electron chi connectivity index (χ1n) is 9.51. The lowest BCUT2D eigenvalue weighted by molar-refractivity contribution is -0.690. The maximum absolute atomic E-state index is 12.6. The fourth-order valence-electron chi connectivity index (χ4n) is 4.07. The average Bonchev–Trinajstić information content (AvgIpc) is 3.00. The number of H-pyrrole nitrogens is 2. The van der Waals surface area contributed by atoms with Crippen molar-refractivity contribution in [3.8, 4) is 5.88 Å². The molecule has 0 amide bonds. The number of nitrogens with two attached hydrogens (primary N) is 1. The first-order chi connectivity index (χ1) is 13.0. The molecule has 0 unspecified atom stereocenters. The van der Waals surface area contributed by atoms with Gasteiger partial charge in [0.25, 0.3) is 5.56 Å². The number of nitrogens with zero attached hydrogens (tertiary/aromatic N) is 1. The summed E-state index contributed by atoms with van der Waals surface area (Å²) >= 11 is 0. The first-order valence-corrected chi connectivity index (χ1v) is 9.51. The largest absolute Gasteiger partial charge is 0.494 e. The third-order valence-corrected chi connectivity index (χ3v) is 5.46. The van der Waals surface area contributed by atoms with Gasteiger partial charge in [0.1, 0.15) is 5.56 Å². The maximum Gasteiger partial charge on any atom is 0.331 e. The van der Waals surface area contributed by atoms with Gasteiger partial charge >= 0.3 is 5.69 Å². The van der Waals surface area contributed by atoms with Crippen molar-refractivity contribution in [2.45, 2.75) is 45.7 Å². The molecule has 1 aliphatic heterocycles. The predicted molar refractivity (Wildman–Crippen MR) is 103 cm³/mol. The summed E-state index contributed by atoms with van der Waals surface area (Å²) in [7, 11) is 0. The summed E-state index contributed by atoms with van der Waals surface area (Å²) in [6.45, 7) is 5.27. The number of aromatic nitrogens is 3. The minimum Gasteiger partial charge on any atom is -0.494 e. The van der Waals surface area contributed by atoms with Gasteiger partial charge in [0.15, 0.2) is 6.04 Å². The van der Waals surface area contributed by atoms with E-state index in [-0.39, 0.29) is 17.5 Å². The third kappa shape index (κ3) is 2.88. The van der Waals surface area contributed by atoms with Crippen LogP contribution in [0.3, 0.4) is 0 Å². The Morgan fingerprint density at radius 1 is 1.30 bits per heavy atom. The molecule has 3 heterocycles. The molecule has 0 radical (unpaired) electrons. The lowest BCUT2D eigenvalue weighted by Crippen LogP contribution is -2.87. The Balaban J connectivity index is 1.90. The Labute approximate surface area is 156 Å². The van der Waals surface area contributed by atoms with Crippen molar-refractivity contribution >= 4 is 10.9 Å². The summed E-state index contributed by atoms with van der Waals surface area (Å²) in [5.41, 5.74) is 3.50. The van der Waals surface area contributed by atoms with Crippen LogP contribution >= 0.6 is 0 Å². The summed E-state index contributed by atoms with van der Waals surface area (Å²) < 4.78 is 1.27. The van der Waals surface area contributed by atoms with Crippen LogP contribution in [0.1, 0.15) is 48.2 Å². The van der Waals surface area contributed by atoms with Crippen LogP contribution in [0, 0.1) is 6.92 Å². The third-order valence-electron chi connectivity index (χ3n) is 5.46. The standard InChI is InChI=1S/C20H24N4O3/c1-3-4-9-24-19(26)15(18(25)23-20(24)27)17-16-12(7-8-21-17)13-10-11(2)5-6-14(13)22-16/h5-6,10,17,21-22,26H,3-4,7-9H2,1-2H3,(H,23,25,27)/p+1/t17-/m1/s1. The molecule has 7 heteroatoms. The molecule has 4 rings (SSSR count). The number of aryl methyl sites for hydroxylation is 1. The molecule has 1 aliphatic rings. The highest BCUT2D eigenvalue weighted by molar-refractivity contribution is 5.85. The van der Waals surface area contributed by atoms with Gasteiger partial charge in [-0.15, -0.1) is 0 Å². The fourth-order valence-corrected chi connectivity index (χ4v) is 4.07. The summed E-state index contributed by atoms with van der Waals surface area (Å²) in [4.78, 5) is 30.6. The van der Waals surface area contributed by atoms with Gasteiger partial charge in [-0.2, -0.15) is 0 Å². The zero-order valence-corrected chi connectivity index (χ0v) is 15.6. The van der Waals surface area contributed by atoms with Crippen LogP contribution in [0.2, 0.25) is 0 Å².